The van der Waals surface area contributed by atoms with Crippen LogP contribution in [0.25, 0.3) is 11.5 Å². The van der Waals surface area contributed by atoms with Gasteiger partial charge < -0.3 is 4.42 Å². The van der Waals surface area contributed by atoms with Crippen LogP contribution in [0.4, 0.5) is 0 Å². The molecule has 0 aliphatic rings. The molecule has 0 aliphatic carbocycles. The molecule has 0 atom stereocenters. The molecule has 0 spiro atoms. The molecule has 1 heterocycles. The van der Waals surface area contributed by atoms with Gasteiger partial charge in [-0.3, -0.25) is 0 Å². The zero-order chi connectivity index (χ0) is 10.7. The Hall–Kier alpha value is -2.59. The zero-order valence-electron chi connectivity index (χ0n) is 7.56. The minimum atomic E-state index is 0.240. The van der Waals surface area contributed by atoms with E-state index in [-0.39, 0.29) is 5.89 Å². The largest absolute Gasteiger partial charge is 0.444 e. The summed E-state index contributed by atoms with van der Waals surface area (Å²) in [5.41, 5.74) is 1.15. The number of nitriles is 2. The van der Waals surface area contributed by atoms with Crippen LogP contribution in [0, 0.1) is 28.9 Å². The number of aromatic nitrogens is 1. The highest BCUT2D eigenvalue weighted by atomic mass is 16.3. The Kier molecular flexibility index (Phi) is 2.19. The molecule has 2 rings (SSSR count). The lowest BCUT2D eigenvalue weighted by molar-refractivity contribution is 0.574. The van der Waals surface area contributed by atoms with Gasteiger partial charge in [0.05, 0.1) is 16.7 Å². The molecule has 0 amide bonds. The molecule has 15 heavy (non-hydrogen) atoms. The van der Waals surface area contributed by atoms with Gasteiger partial charge in [0.25, 0.3) is 0 Å². The van der Waals surface area contributed by atoms with Gasteiger partial charge in [-0.15, -0.1) is 0 Å². The van der Waals surface area contributed by atoms with Crippen molar-refractivity contribution in [3.63, 3.8) is 0 Å². The first-order valence-electron chi connectivity index (χ1n) is 4.12. The first-order chi connectivity index (χ1) is 7.36. The summed E-state index contributed by atoms with van der Waals surface area (Å²) >= 11 is 0. The number of nitrogens with zero attached hydrogens (tertiary/aromatic N) is 3. The summed E-state index contributed by atoms with van der Waals surface area (Å²) in [5, 5.41) is 17.8. The topological polar surface area (TPSA) is 73.6 Å². The molecule has 0 aliphatic heterocycles. The quantitative estimate of drug-likeness (QED) is 0.694. The van der Waals surface area contributed by atoms with Crippen molar-refractivity contribution in [2.45, 2.75) is 0 Å². The van der Waals surface area contributed by atoms with E-state index in [1.807, 2.05) is 12.1 Å². The number of rotatable bonds is 1. The Morgan fingerprint density at radius 1 is 1.20 bits per heavy atom. The van der Waals surface area contributed by atoms with Crippen molar-refractivity contribution in [3.8, 4) is 23.6 Å². The Morgan fingerprint density at radius 2 is 1.87 bits per heavy atom. The fourth-order valence-corrected chi connectivity index (χ4v) is 1.28. The van der Waals surface area contributed by atoms with Gasteiger partial charge >= 0.3 is 0 Å². The molecule has 1 radical (unpaired) electrons. The predicted molar refractivity (Wildman–Crippen MR) is 50.2 cm³/mol. The first-order valence-corrected chi connectivity index (χ1v) is 4.12. The average molecular weight is 194 g/mol. The Labute approximate surface area is 86.0 Å². The molecule has 0 saturated heterocycles. The zero-order valence-corrected chi connectivity index (χ0v) is 7.56. The van der Waals surface area contributed by atoms with Gasteiger partial charge in [0.2, 0.25) is 5.89 Å². The Morgan fingerprint density at radius 3 is 2.33 bits per heavy atom. The molecule has 0 fully saturated rings. The van der Waals surface area contributed by atoms with Crippen LogP contribution >= 0.6 is 0 Å². The molecule has 1 aromatic carbocycles. The molecule has 0 saturated carbocycles. The van der Waals surface area contributed by atoms with E-state index in [1.54, 1.807) is 18.2 Å². The fourth-order valence-electron chi connectivity index (χ4n) is 1.28. The van der Waals surface area contributed by atoms with Gasteiger partial charge in [-0.2, -0.15) is 10.5 Å². The van der Waals surface area contributed by atoms with Crippen LogP contribution in [0.1, 0.15) is 11.1 Å². The molecule has 0 bridgehead atoms. The lowest BCUT2D eigenvalue weighted by Crippen LogP contribution is -1.89. The molecule has 4 nitrogen and oxygen atoms in total. The summed E-state index contributed by atoms with van der Waals surface area (Å²) in [6.07, 6.45) is 3.78. The van der Waals surface area contributed by atoms with E-state index >= 15 is 0 Å². The van der Waals surface area contributed by atoms with E-state index < -0.39 is 0 Å². The number of hydrogen-bond donors (Lipinski definition) is 0. The summed E-state index contributed by atoms with van der Waals surface area (Å²) in [7, 11) is 0. The maximum absolute atomic E-state index is 8.90. The van der Waals surface area contributed by atoms with Crippen molar-refractivity contribution in [1.29, 1.82) is 10.5 Å². The van der Waals surface area contributed by atoms with E-state index in [0.29, 0.717) is 16.7 Å². The number of benzene rings is 1. The van der Waals surface area contributed by atoms with Crippen molar-refractivity contribution in [1.82, 2.24) is 4.98 Å². The molecule has 0 unspecified atom stereocenters. The lowest BCUT2D eigenvalue weighted by Gasteiger charge is -2.00. The van der Waals surface area contributed by atoms with Gasteiger partial charge in [-0.1, -0.05) is 6.07 Å². The van der Waals surface area contributed by atoms with Crippen LogP contribution in [0.15, 0.2) is 28.9 Å². The molecule has 1 aromatic heterocycles. The van der Waals surface area contributed by atoms with Crippen molar-refractivity contribution < 1.29 is 4.42 Å². The second-order valence-electron chi connectivity index (χ2n) is 2.73. The minimum absolute atomic E-state index is 0.240. The summed E-state index contributed by atoms with van der Waals surface area (Å²) in [4.78, 5) is 3.81. The molecule has 0 N–H and O–H groups in total. The smallest absolute Gasteiger partial charge is 0.229 e. The minimum Gasteiger partial charge on any atom is -0.444 e. The van der Waals surface area contributed by atoms with Crippen molar-refractivity contribution in [2.24, 2.45) is 0 Å². The maximum atomic E-state index is 8.90. The van der Waals surface area contributed by atoms with E-state index in [9.17, 15) is 0 Å². The normalized spacial score (nSPS) is 9.20. The number of hydrogen-bond acceptors (Lipinski definition) is 4. The van der Waals surface area contributed by atoms with E-state index in [0.717, 1.165) is 0 Å². The van der Waals surface area contributed by atoms with Gasteiger partial charge in [-0.05, 0) is 12.1 Å². The molecule has 4 heteroatoms. The maximum Gasteiger partial charge on any atom is 0.229 e. The summed E-state index contributed by atoms with van der Waals surface area (Å²) in [5.74, 6) is 0.240. The highest BCUT2D eigenvalue weighted by Gasteiger charge is 2.13. The summed E-state index contributed by atoms with van der Waals surface area (Å²) in [6, 6.07) is 8.86. The SMILES string of the molecule is N#Cc1cccc(C#N)c1-c1n[c]co1. The van der Waals surface area contributed by atoms with Gasteiger partial charge in [0.1, 0.15) is 24.6 Å². The van der Waals surface area contributed by atoms with Crippen molar-refractivity contribution in [2.75, 3.05) is 0 Å². The molecule has 2 aromatic rings. The Bertz CT molecular complexity index is 526. The number of oxazole rings is 1. The second-order valence-corrected chi connectivity index (χ2v) is 2.73. The highest BCUT2D eigenvalue weighted by molar-refractivity contribution is 5.70. The third-order valence-electron chi connectivity index (χ3n) is 1.91. The molecular formula is C11H4N3O. The summed E-state index contributed by atoms with van der Waals surface area (Å²) in [6.45, 7) is 0. The van der Waals surface area contributed by atoms with Crippen LogP contribution in [-0.4, -0.2) is 4.98 Å². The van der Waals surface area contributed by atoms with Gasteiger partial charge in [-0.25, -0.2) is 4.98 Å². The van der Waals surface area contributed by atoms with E-state index in [1.165, 1.54) is 6.26 Å². The third kappa shape index (κ3) is 1.45. The molecular weight excluding hydrogens is 190 g/mol. The lowest BCUT2D eigenvalue weighted by atomic mass is 10.0. The van der Waals surface area contributed by atoms with Crippen molar-refractivity contribution >= 4 is 0 Å². The fraction of sp³-hybridized carbons (Fsp3) is 0. The van der Waals surface area contributed by atoms with Crippen LogP contribution < -0.4 is 0 Å². The first kappa shape index (κ1) is 8.98. The third-order valence-corrected chi connectivity index (χ3v) is 1.91. The highest BCUT2D eigenvalue weighted by Crippen LogP contribution is 2.25. The van der Waals surface area contributed by atoms with Gasteiger partial charge in [0.15, 0.2) is 0 Å². The van der Waals surface area contributed by atoms with Crippen LogP contribution in [0.2, 0.25) is 0 Å². The predicted octanol–water partition coefficient (Wildman–Crippen LogP) is 1.89. The summed E-state index contributed by atoms with van der Waals surface area (Å²) < 4.78 is 5.04. The van der Waals surface area contributed by atoms with Gasteiger partial charge in [0, 0.05) is 0 Å². The van der Waals surface area contributed by atoms with E-state index in [2.05, 4.69) is 11.2 Å². The monoisotopic (exact) mass is 194 g/mol. The average Bonchev–Trinajstić information content (AvgIpc) is 2.81. The van der Waals surface area contributed by atoms with Crippen molar-refractivity contribution in [3.05, 3.63) is 41.8 Å². The standard InChI is InChI=1S/C11H4N3O/c12-6-8-2-1-3-9(7-13)10(8)11-14-4-5-15-11/h1-3,5H. The Balaban J connectivity index is 2.75. The van der Waals surface area contributed by atoms with Crippen LogP contribution in [-0.2, 0) is 0 Å². The second kappa shape index (κ2) is 3.65. The molecule has 69 valence electrons. The van der Waals surface area contributed by atoms with Crippen LogP contribution in [0.3, 0.4) is 0 Å². The van der Waals surface area contributed by atoms with Crippen LogP contribution in [0.5, 0.6) is 0 Å². The van der Waals surface area contributed by atoms with E-state index in [4.69, 9.17) is 14.9 Å².